The van der Waals surface area contributed by atoms with Crippen LogP contribution < -0.4 is 0 Å². The molecule has 0 aliphatic rings. The first-order valence-corrected chi connectivity index (χ1v) is 9.74. The summed E-state index contributed by atoms with van der Waals surface area (Å²) in [6.45, 7) is 3.06. The van der Waals surface area contributed by atoms with Gasteiger partial charge in [-0.3, -0.25) is 0 Å². The van der Waals surface area contributed by atoms with E-state index in [9.17, 15) is 0 Å². The summed E-state index contributed by atoms with van der Waals surface area (Å²) < 4.78 is 5.55. The topological polar surface area (TPSA) is 9.23 Å². The molecule has 1 rings (SSSR count). The minimum Gasteiger partial charge on any atom is -0.501 e. The van der Waals surface area contributed by atoms with Gasteiger partial charge in [0.25, 0.3) is 0 Å². The van der Waals surface area contributed by atoms with Crippen LogP contribution in [0.25, 0.3) is 0 Å². The second-order valence-corrected chi connectivity index (χ2v) is 6.45. The molecular weight excluding hydrogens is 280 g/mol. The molecule has 1 aromatic rings. The van der Waals surface area contributed by atoms with Gasteiger partial charge in [-0.05, 0) is 24.5 Å². The largest absolute Gasteiger partial charge is 0.501 e. The molecule has 1 aromatic carbocycles. The first kappa shape index (κ1) is 19.8. The number of rotatable bonds is 15. The molecule has 0 radical (unpaired) electrons. The average molecular weight is 317 g/mol. The lowest BCUT2D eigenvalue weighted by Crippen LogP contribution is -1.93. The zero-order valence-corrected chi connectivity index (χ0v) is 15.1. The fourth-order valence-corrected chi connectivity index (χ4v) is 2.78. The molecule has 0 heterocycles. The van der Waals surface area contributed by atoms with Crippen LogP contribution in [0.2, 0.25) is 0 Å². The Bertz CT molecular complexity index is 369. The van der Waals surface area contributed by atoms with Crippen LogP contribution >= 0.6 is 0 Å². The molecule has 0 aliphatic heterocycles. The molecule has 0 spiro atoms. The molecule has 0 atom stereocenters. The van der Waals surface area contributed by atoms with Gasteiger partial charge in [-0.15, -0.1) is 0 Å². The molecule has 23 heavy (non-hydrogen) atoms. The van der Waals surface area contributed by atoms with Crippen LogP contribution in [0.1, 0.15) is 83.1 Å². The summed E-state index contributed by atoms with van der Waals surface area (Å²) in [6, 6.07) is 10.5. The monoisotopic (exact) mass is 316 g/mol. The zero-order chi connectivity index (χ0) is 16.4. The van der Waals surface area contributed by atoms with E-state index < -0.39 is 0 Å². The number of hydrogen-bond acceptors (Lipinski definition) is 1. The zero-order valence-electron chi connectivity index (χ0n) is 15.1. The highest BCUT2D eigenvalue weighted by Crippen LogP contribution is 2.11. The van der Waals surface area contributed by atoms with E-state index in [0.717, 1.165) is 19.4 Å². The summed E-state index contributed by atoms with van der Waals surface area (Å²) in [6.07, 6.45) is 20.2. The van der Waals surface area contributed by atoms with Gasteiger partial charge in [0.1, 0.15) is 0 Å². The molecule has 0 saturated carbocycles. The van der Waals surface area contributed by atoms with Crippen LogP contribution in [-0.2, 0) is 11.2 Å². The third-order valence-electron chi connectivity index (χ3n) is 4.27. The van der Waals surface area contributed by atoms with Crippen LogP contribution in [0, 0.1) is 0 Å². The number of benzene rings is 1. The van der Waals surface area contributed by atoms with Gasteiger partial charge < -0.3 is 4.74 Å². The van der Waals surface area contributed by atoms with Crippen LogP contribution in [-0.4, -0.2) is 6.61 Å². The third kappa shape index (κ3) is 12.9. The molecule has 0 fully saturated rings. The fourth-order valence-electron chi connectivity index (χ4n) is 2.78. The average Bonchev–Trinajstić information content (AvgIpc) is 2.59. The van der Waals surface area contributed by atoms with Crippen LogP contribution in [0.4, 0.5) is 0 Å². The Labute approximate surface area is 144 Å². The van der Waals surface area contributed by atoms with Crippen LogP contribution in [0.5, 0.6) is 0 Å². The van der Waals surface area contributed by atoms with Crippen molar-refractivity contribution in [3.05, 3.63) is 48.2 Å². The van der Waals surface area contributed by atoms with Gasteiger partial charge >= 0.3 is 0 Å². The van der Waals surface area contributed by atoms with Crippen molar-refractivity contribution in [2.75, 3.05) is 6.61 Å². The number of allylic oxidation sites excluding steroid dienone is 1. The highest BCUT2D eigenvalue weighted by molar-refractivity contribution is 5.14. The lowest BCUT2D eigenvalue weighted by atomic mass is 10.1. The van der Waals surface area contributed by atoms with Gasteiger partial charge in [0.05, 0.1) is 12.9 Å². The molecule has 0 amide bonds. The maximum Gasteiger partial charge on any atom is 0.0913 e. The summed E-state index contributed by atoms with van der Waals surface area (Å²) in [5.74, 6) is 0. The van der Waals surface area contributed by atoms with E-state index in [4.69, 9.17) is 4.74 Å². The van der Waals surface area contributed by atoms with Gasteiger partial charge in [0.15, 0.2) is 0 Å². The highest BCUT2D eigenvalue weighted by atomic mass is 16.5. The van der Waals surface area contributed by atoms with E-state index in [1.165, 1.54) is 69.8 Å². The summed E-state index contributed by atoms with van der Waals surface area (Å²) >= 11 is 0. The quantitative estimate of drug-likeness (QED) is 0.248. The summed E-state index contributed by atoms with van der Waals surface area (Å²) in [4.78, 5) is 0. The van der Waals surface area contributed by atoms with E-state index in [-0.39, 0.29) is 0 Å². The Morgan fingerprint density at radius 3 is 2.04 bits per heavy atom. The molecule has 1 heteroatoms. The molecule has 0 saturated heterocycles. The van der Waals surface area contributed by atoms with Crippen LogP contribution in [0.15, 0.2) is 42.7 Å². The first-order valence-electron chi connectivity index (χ1n) is 9.74. The Morgan fingerprint density at radius 2 is 1.39 bits per heavy atom. The van der Waals surface area contributed by atoms with E-state index in [2.05, 4.69) is 43.3 Å². The normalized spacial score (nSPS) is 11.2. The van der Waals surface area contributed by atoms with Crippen molar-refractivity contribution in [2.45, 2.75) is 84.0 Å². The van der Waals surface area contributed by atoms with Gasteiger partial charge in [-0.25, -0.2) is 0 Å². The first-order chi connectivity index (χ1) is 11.4. The Balaban J connectivity index is 1.78. The lowest BCUT2D eigenvalue weighted by Gasteiger charge is -2.02. The van der Waals surface area contributed by atoms with E-state index >= 15 is 0 Å². The number of hydrogen-bond donors (Lipinski definition) is 0. The third-order valence-corrected chi connectivity index (χ3v) is 4.27. The summed E-state index contributed by atoms with van der Waals surface area (Å²) in [5.41, 5.74) is 1.34. The predicted molar refractivity (Wildman–Crippen MR) is 102 cm³/mol. The van der Waals surface area contributed by atoms with Crippen molar-refractivity contribution in [3.8, 4) is 0 Å². The van der Waals surface area contributed by atoms with Crippen molar-refractivity contribution in [1.29, 1.82) is 0 Å². The van der Waals surface area contributed by atoms with Crippen molar-refractivity contribution in [1.82, 2.24) is 0 Å². The molecule has 1 nitrogen and oxygen atoms in total. The van der Waals surface area contributed by atoms with Crippen molar-refractivity contribution >= 4 is 0 Å². The molecule has 0 aliphatic carbocycles. The van der Waals surface area contributed by atoms with Crippen molar-refractivity contribution in [2.24, 2.45) is 0 Å². The maximum atomic E-state index is 5.55. The minimum absolute atomic E-state index is 0.776. The molecule has 0 unspecified atom stereocenters. The number of ether oxygens (including phenoxy) is 1. The standard InChI is InChI=1S/C22H36O/c1-2-3-4-5-6-7-8-9-10-11-12-16-20-23-21-19-22-17-14-13-15-18-22/h13-18,20H,2-12,19,21H2,1H3. The molecule has 0 aromatic heterocycles. The SMILES string of the molecule is CCCCCCCCCCCCC=COCCc1ccccc1. The Kier molecular flexibility index (Phi) is 13.5. The fraction of sp³-hybridized carbons (Fsp3) is 0.636. The highest BCUT2D eigenvalue weighted by Gasteiger charge is 1.92. The second-order valence-electron chi connectivity index (χ2n) is 6.45. The molecule has 130 valence electrons. The van der Waals surface area contributed by atoms with E-state index in [1.54, 1.807) is 0 Å². The predicted octanol–water partition coefficient (Wildman–Crippen LogP) is 7.07. The van der Waals surface area contributed by atoms with Crippen molar-refractivity contribution in [3.63, 3.8) is 0 Å². The van der Waals surface area contributed by atoms with Gasteiger partial charge in [0, 0.05) is 6.42 Å². The van der Waals surface area contributed by atoms with Crippen LogP contribution in [0.3, 0.4) is 0 Å². The second kappa shape index (κ2) is 15.6. The van der Waals surface area contributed by atoms with Gasteiger partial charge in [0.2, 0.25) is 0 Å². The van der Waals surface area contributed by atoms with E-state index in [0.29, 0.717) is 0 Å². The smallest absolute Gasteiger partial charge is 0.0913 e. The summed E-state index contributed by atoms with van der Waals surface area (Å²) in [7, 11) is 0. The molecule has 0 N–H and O–H groups in total. The maximum absolute atomic E-state index is 5.55. The van der Waals surface area contributed by atoms with Gasteiger partial charge in [-0.2, -0.15) is 0 Å². The van der Waals surface area contributed by atoms with Crippen molar-refractivity contribution < 1.29 is 4.74 Å². The summed E-state index contributed by atoms with van der Waals surface area (Å²) in [5, 5.41) is 0. The molecule has 0 bridgehead atoms. The Morgan fingerprint density at radius 1 is 0.783 bits per heavy atom. The Hall–Kier alpha value is -1.24. The molecular formula is C22H36O. The minimum atomic E-state index is 0.776. The van der Waals surface area contributed by atoms with Gasteiger partial charge in [-0.1, -0.05) is 95.0 Å². The number of unbranched alkanes of at least 4 members (excludes halogenated alkanes) is 10. The van der Waals surface area contributed by atoms with E-state index in [1.807, 2.05) is 6.26 Å². The lowest BCUT2D eigenvalue weighted by molar-refractivity contribution is 0.252.